The molecule has 1 fully saturated rings. The van der Waals surface area contributed by atoms with Gasteiger partial charge in [0.15, 0.2) is 5.82 Å². The largest absolute Gasteiger partial charge is 0.573 e. The van der Waals surface area contributed by atoms with Crippen LogP contribution in [0.3, 0.4) is 0 Å². The third kappa shape index (κ3) is 5.71. The lowest BCUT2D eigenvalue weighted by atomic mass is 9.97. The Morgan fingerprint density at radius 3 is 2.51 bits per heavy atom. The SMILES string of the molecule is C[C@H]1C(=O)NC[C@@H]1C(=O)Nc1cc(-c2cc(F)cc(OC(F)(F)F)c2)n(-c2cncc(F)c2)n1.O. The predicted octanol–water partition coefficient (Wildman–Crippen LogP) is 2.61. The van der Waals surface area contributed by atoms with Gasteiger partial charge in [-0.15, -0.1) is 18.3 Å². The van der Waals surface area contributed by atoms with Gasteiger partial charge < -0.3 is 20.8 Å². The number of alkyl halides is 3. The molecule has 1 aliphatic rings. The molecule has 9 nitrogen and oxygen atoms in total. The second kappa shape index (κ2) is 9.66. The minimum absolute atomic E-state index is 0. The highest BCUT2D eigenvalue weighted by molar-refractivity contribution is 5.98. The van der Waals surface area contributed by atoms with Crippen molar-refractivity contribution in [2.45, 2.75) is 13.3 Å². The predicted molar refractivity (Wildman–Crippen MR) is 111 cm³/mol. The van der Waals surface area contributed by atoms with Crippen molar-refractivity contribution in [1.29, 1.82) is 0 Å². The zero-order chi connectivity index (χ0) is 24.6. The van der Waals surface area contributed by atoms with E-state index in [0.29, 0.717) is 6.07 Å². The van der Waals surface area contributed by atoms with Crippen molar-refractivity contribution in [2.24, 2.45) is 11.8 Å². The molecule has 1 aromatic carbocycles. The highest BCUT2D eigenvalue weighted by Crippen LogP contribution is 2.32. The van der Waals surface area contributed by atoms with Crippen molar-refractivity contribution in [3.05, 3.63) is 54.4 Å². The molecule has 0 aliphatic carbocycles. The second-order valence-corrected chi connectivity index (χ2v) is 7.54. The molecule has 3 aromatic rings. The van der Waals surface area contributed by atoms with Gasteiger partial charge in [-0.3, -0.25) is 14.6 Å². The molecule has 4 N–H and O–H groups in total. The molecule has 0 spiro atoms. The Morgan fingerprint density at radius 2 is 1.89 bits per heavy atom. The van der Waals surface area contributed by atoms with Gasteiger partial charge >= 0.3 is 6.36 Å². The summed E-state index contributed by atoms with van der Waals surface area (Å²) in [6.07, 6.45) is -2.90. The van der Waals surface area contributed by atoms with Crippen LogP contribution in [0.5, 0.6) is 5.75 Å². The van der Waals surface area contributed by atoms with Crippen molar-refractivity contribution in [1.82, 2.24) is 20.1 Å². The standard InChI is InChI=1S/C21H16F5N5O3.H2O/c1-10-16(9-28-19(10)32)20(33)29-18-6-17(31(30-18)14-4-13(23)7-27-8-14)11-2-12(22)5-15(3-11)34-21(24,25)26;/h2-8,10,16H,9H2,1H3,(H,28,32)(H,29,30,33);1H2/t10-,16+;/m1./s1. The number of rotatable bonds is 5. The van der Waals surface area contributed by atoms with Gasteiger partial charge in [0.25, 0.3) is 0 Å². The Labute approximate surface area is 194 Å². The highest BCUT2D eigenvalue weighted by atomic mass is 19.4. The number of hydrogen-bond acceptors (Lipinski definition) is 5. The number of carbonyl (C=O) groups is 2. The average molecular weight is 499 g/mol. The number of pyridine rings is 1. The van der Waals surface area contributed by atoms with Gasteiger partial charge in [-0.25, -0.2) is 13.5 Å². The lowest BCUT2D eigenvalue weighted by Crippen LogP contribution is -2.28. The van der Waals surface area contributed by atoms with Crippen LogP contribution in [0.2, 0.25) is 0 Å². The Morgan fingerprint density at radius 1 is 1.14 bits per heavy atom. The van der Waals surface area contributed by atoms with E-state index < -0.39 is 41.5 Å². The number of aromatic nitrogens is 3. The normalized spacial score (nSPS) is 17.5. The molecule has 2 amide bonds. The van der Waals surface area contributed by atoms with E-state index in [1.165, 1.54) is 12.3 Å². The topological polar surface area (TPSA) is 130 Å². The number of hydrogen-bond donors (Lipinski definition) is 2. The molecule has 35 heavy (non-hydrogen) atoms. The van der Waals surface area contributed by atoms with Crippen molar-refractivity contribution in [3.8, 4) is 22.7 Å². The number of nitrogens with zero attached hydrogens (tertiary/aromatic N) is 3. The maximum atomic E-state index is 14.1. The zero-order valence-electron chi connectivity index (χ0n) is 17.9. The lowest BCUT2D eigenvalue weighted by molar-refractivity contribution is -0.274. The van der Waals surface area contributed by atoms with Crippen LogP contribution in [0, 0.1) is 23.5 Å². The molecule has 0 radical (unpaired) electrons. The molecular weight excluding hydrogens is 481 g/mol. The van der Waals surface area contributed by atoms with Crippen molar-refractivity contribution in [3.63, 3.8) is 0 Å². The van der Waals surface area contributed by atoms with E-state index >= 15 is 0 Å². The molecule has 2 atom stereocenters. The lowest BCUT2D eigenvalue weighted by Gasteiger charge is -2.12. The van der Waals surface area contributed by atoms with E-state index in [1.807, 2.05) is 0 Å². The van der Waals surface area contributed by atoms with Crippen LogP contribution >= 0.6 is 0 Å². The summed E-state index contributed by atoms with van der Waals surface area (Å²) >= 11 is 0. The van der Waals surface area contributed by atoms with E-state index in [0.717, 1.165) is 29.1 Å². The first-order chi connectivity index (χ1) is 16.0. The molecule has 0 unspecified atom stereocenters. The van der Waals surface area contributed by atoms with Gasteiger partial charge in [0, 0.05) is 36.2 Å². The smallest absolute Gasteiger partial charge is 0.412 e. The van der Waals surface area contributed by atoms with Gasteiger partial charge in [-0.05, 0) is 12.1 Å². The number of benzene rings is 1. The van der Waals surface area contributed by atoms with Crippen LogP contribution in [0.25, 0.3) is 16.9 Å². The Balaban J connectivity index is 0.00000342. The first-order valence-corrected chi connectivity index (χ1v) is 9.86. The van der Waals surface area contributed by atoms with Crippen molar-refractivity contribution >= 4 is 17.6 Å². The number of halogens is 5. The summed E-state index contributed by atoms with van der Waals surface area (Å²) in [5, 5.41) is 9.28. The quantitative estimate of drug-likeness (QED) is 0.522. The fourth-order valence-corrected chi connectivity index (χ4v) is 3.53. The number of nitrogens with one attached hydrogen (secondary N) is 2. The third-order valence-electron chi connectivity index (χ3n) is 5.15. The third-order valence-corrected chi connectivity index (χ3v) is 5.15. The first-order valence-electron chi connectivity index (χ1n) is 9.86. The molecule has 186 valence electrons. The van der Waals surface area contributed by atoms with Crippen LogP contribution in [-0.2, 0) is 9.59 Å². The van der Waals surface area contributed by atoms with E-state index in [4.69, 9.17) is 0 Å². The molecule has 0 bridgehead atoms. The van der Waals surface area contributed by atoms with Gasteiger partial charge in [0.05, 0.1) is 29.7 Å². The molecule has 1 saturated heterocycles. The molecule has 14 heteroatoms. The molecule has 1 aliphatic heterocycles. The average Bonchev–Trinajstić information content (AvgIpc) is 3.30. The molecule has 2 aromatic heterocycles. The molecule has 0 saturated carbocycles. The minimum atomic E-state index is -5.06. The van der Waals surface area contributed by atoms with Gasteiger partial charge in [0.2, 0.25) is 11.8 Å². The van der Waals surface area contributed by atoms with Gasteiger partial charge in [-0.1, -0.05) is 6.92 Å². The summed E-state index contributed by atoms with van der Waals surface area (Å²) in [6.45, 7) is 1.71. The van der Waals surface area contributed by atoms with E-state index in [-0.39, 0.29) is 40.7 Å². The summed E-state index contributed by atoms with van der Waals surface area (Å²) in [6, 6.07) is 4.71. The summed E-state index contributed by atoms with van der Waals surface area (Å²) in [5.74, 6) is -4.71. The number of ether oxygens (including phenoxy) is 1. The summed E-state index contributed by atoms with van der Waals surface area (Å²) < 4.78 is 70.8. The molecule has 4 rings (SSSR count). The Hall–Kier alpha value is -4.07. The number of amides is 2. The number of carbonyl (C=O) groups excluding carboxylic acids is 2. The van der Waals surface area contributed by atoms with Crippen LogP contribution in [0.1, 0.15) is 6.92 Å². The van der Waals surface area contributed by atoms with Gasteiger partial charge in [0.1, 0.15) is 17.4 Å². The minimum Gasteiger partial charge on any atom is -0.412 e. The fraction of sp³-hybridized carbons (Fsp3) is 0.238. The van der Waals surface area contributed by atoms with E-state index in [9.17, 15) is 31.5 Å². The number of anilines is 1. The molecular formula is C21H18F5N5O4. The van der Waals surface area contributed by atoms with Gasteiger partial charge in [-0.2, -0.15) is 0 Å². The monoisotopic (exact) mass is 499 g/mol. The Kier molecular flexibility index (Phi) is 7.05. The van der Waals surface area contributed by atoms with E-state index in [2.05, 4.69) is 25.5 Å². The second-order valence-electron chi connectivity index (χ2n) is 7.54. The Bertz CT molecular complexity index is 1260. The summed E-state index contributed by atoms with van der Waals surface area (Å²) in [4.78, 5) is 28.1. The summed E-state index contributed by atoms with van der Waals surface area (Å²) in [7, 11) is 0. The highest BCUT2D eigenvalue weighted by Gasteiger charge is 2.36. The maximum absolute atomic E-state index is 14.1. The summed E-state index contributed by atoms with van der Waals surface area (Å²) in [5.41, 5.74) is -0.0189. The molecule has 3 heterocycles. The van der Waals surface area contributed by atoms with E-state index in [1.54, 1.807) is 6.92 Å². The van der Waals surface area contributed by atoms with Crippen molar-refractivity contribution in [2.75, 3.05) is 11.9 Å². The van der Waals surface area contributed by atoms with Crippen molar-refractivity contribution < 1.29 is 41.8 Å². The van der Waals surface area contributed by atoms with Crippen LogP contribution in [0.15, 0.2) is 42.7 Å². The fourth-order valence-electron chi connectivity index (χ4n) is 3.53. The zero-order valence-corrected chi connectivity index (χ0v) is 17.9. The first kappa shape index (κ1) is 25.6. The van der Waals surface area contributed by atoms with Crippen LogP contribution < -0.4 is 15.4 Å². The van der Waals surface area contributed by atoms with Crippen LogP contribution in [0.4, 0.5) is 27.8 Å². The maximum Gasteiger partial charge on any atom is 0.573 e. The van der Waals surface area contributed by atoms with Crippen LogP contribution in [-0.4, -0.2) is 45.0 Å².